The van der Waals surface area contributed by atoms with Crippen LogP contribution in [0.4, 0.5) is 17.5 Å². The Labute approximate surface area is 149 Å². The number of nitrogens with zero attached hydrogens (tertiary/aromatic N) is 4. The van der Waals surface area contributed by atoms with Crippen molar-refractivity contribution in [3.05, 3.63) is 30.5 Å². The molecule has 2 heterocycles. The first-order valence-corrected chi connectivity index (χ1v) is 9.16. The molecule has 25 heavy (non-hydrogen) atoms. The average molecular weight is 341 g/mol. The fourth-order valence-electron chi connectivity index (χ4n) is 3.23. The van der Waals surface area contributed by atoms with Gasteiger partial charge in [0.1, 0.15) is 5.75 Å². The van der Waals surface area contributed by atoms with Crippen molar-refractivity contribution in [1.82, 2.24) is 15.2 Å². The second kappa shape index (κ2) is 8.14. The van der Waals surface area contributed by atoms with Gasteiger partial charge in [0.05, 0.1) is 18.0 Å². The van der Waals surface area contributed by atoms with Gasteiger partial charge in [-0.3, -0.25) is 0 Å². The van der Waals surface area contributed by atoms with Crippen LogP contribution in [-0.2, 0) is 0 Å². The second-order valence-electron chi connectivity index (χ2n) is 6.68. The van der Waals surface area contributed by atoms with Crippen LogP contribution in [-0.4, -0.2) is 33.9 Å². The van der Waals surface area contributed by atoms with Crippen LogP contribution in [0.2, 0.25) is 0 Å². The Balaban J connectivity index is 1.80. The Bertz CT molecular complexity index is 691. The van der Waals surface area contributed by atoms with Crippen LogP contribution in [0.3, 0.4) is 0 Å². The van der Waals surface area contributed by atoms with Crippen LogP contribution in [0.25, 0.3) is 0 Å². The Hall–Kier alpha value is -2.37. The van der Waals surface area contributed by atoms with E-state index in [-0.39, 0.29) is 6.10 Å². The summed E-state index contributed by atoms with van der Waals surface area (Å²) in [6.07, 6.45) is 6.53. The number of para-hydroxylation sites is 2. The molecule has 1 aromatic carbocycles. The molecule has 0 radical (unpaired) electrons. The lowest BCUT2D eigenvalue weighted by atomic mass is 10.0. The van der Waals surface area contributed by atoms with E-state index in [0.29, 0.717) is 17.8 Å². The molecule has 1 aromatic heterocycles. The largest absolute Gasteiger partial charge is 0.489 e. The SMILES string of the molecule is CCC1CCCCN1c1nncc(Nc2ccccc2OC(C)C)n1. The highest BCUT2D eigenvalue weighted by Gasteiger charge is 2.23. The highest BCUT2D eigenvalue weighted by atomic mass is 16.5. The van der Waals surface area contributed by atoms with Gasteiger partial charge in [-0.2, -0.15) is 10.1 Å². The van der Waals surface area contributed by atoms with Gasteiger partial charge in [0, 0.05) is 12.6 Å². The van der Waals surface area contributed by atoms with Gasteiger partial charge in [-0.25, -0.2) is 0 Å². The Morgan fingerprint density at radius 2 is 2.12 bits per heavy atom. The maximum absolute atomic E-state index is 5.86. The smallest absolute Gasteiger partial charge is 0.247 e. The number of piperidine rings is 1. The molecule has 0 spiro atoms. The highest BCUT2D eigenvalue weighted by Crippen LogP contribution is 2.29. The fourth-order valence-corrected chi connectivity index (χ4v) is 3.23. The molecule has 1 N–H and O–H groups in total. The van der Waals surface area contributed by atoms with Gasteiger partial charge in [0.15, 0.2) is 5.82 Å². The van der Waals surface area contributed by atoms with E-state index in [0.717, 1.165) is 24.4 Å². The topological polar surface area (TPSA) is 63.2 Å². The molecular formula is C19H27N5O. The predicted molar refractivity (Wildman–Crippen MR) is 101 cm³/mol. The van der Waals surface area contributed by atoms with E-state index in [1.807, 2.05) is 38.1 Å². The van der Waals surface area contributed by atoms with Crippen LogP contribution >= 0.6 is 0 Å². The molecule has 6 heteroatoms. The summed E-state index contributed by atoms with van der Waals surface area (Å²) in [5, 5.41) is 11.8. The monoisotopic (exact) mass is 341 g/mol. The maximum Gasteiger partial charge on any atom is 0.247 e. The summed E-state index contributed by atoms with van der Waals surface area (Å²) >= 11 is 0. The first-order valence-electron chi connectivity index (χ1n) is 9.16. The minimum Gasteiger partial charge on any atom is -0.489 e. The summed E-state index contributed by atoms with van der Waals surface area (Å²) in [4.78, 5) is 6.99. The van der Waals surface area contributed by atoms with Crippen LogP contribution in [0.5, 0.6) is 5.75 Å². The first-order chi connectivity index (χ1) is 12.2. The van der Waals surface area contributed by atoms with Crippen LogP contribution < -0.4 is 15.0 Å². The lowest BCUT2D eigenvalue weighted by Gasteiger charge is -2.34. The van der Waals surface area contributed by atoms with Crippen molar-refractivity contribution in [3.63, 3.8) is 0 Å². The third kappa shape index (κ3) is 4.38. The van der Waals surface area contributed by atoms with Gasteiger partial charge in [-0.05, 0) is 51.7 Å². The third-order valence-corrected chi connectivity index (χ3v) is 4.42. The molecule has 134 valence electrons. The molecule has 1 saturated heterocycles. The van der Waals surface area contributed by atoms with Crippen LogP contribution in [0.15, 0.2) is 30.5 Å². The lowest BCUT2D eigenvalue weighted by molar-refractivity contribution is 0.244. The molecular weight excluding hydrogens is 314 g/mol. The molecule has 1 unspecified atom stereocenters. The minimum atomic E-state index is 0.112. The van der Waals surface area contributed by atoms with E-state index in [9.17, 15) is 0 Å². The van der Waals surface area contributed by atoms with E-state index >= 15 is 0 Å². The average Bonchev–Trinajstić information content (AvgIpc) is 2.63. The van der Waals surface area contributed by atoms with Crippen LogP contribution in [0, 0.1) is 0 Å². The van der Waals surface area contributed by atoms with Crippen molar-refractivity contribution in [2.45, 2.75) is 58.6 Å². The fraction of sp³-hybridized carbons (Fsp3) is 0.526. The predicted octanol–water partition coefficient (Wildman–Crippen LogP) is 4.17. The summed E-state index contributed by atoms with van der Waals surface area (Å²) in [5.74, 6) is 2.20. The Morgan fingerprint density at radius 1 is 1.28 bits per heavy atom. The van der Waals surface area contributed by atoms with E-state index in [1.54, 1.807) is 6.20 Å². The van der Waals surface area contributed by atoms with Gasteiger partial charge in [0.2, 0.25) is 5.95 Å². The van der Waals surface area contributed by atoms with Crippen molar-refractivity contribution >= 4 is 17.5 Å². The number of hydrogen-bond donors (Lipinski definition) is 1. The zero-order chi connectivity index (χ0) is 17.6. The first kappa shape index (κ1) is 17.5. The molecule has 1 aliphatic heterocycles. The number of rotatable bonds is 6. The van der Waals surface area contributed by atoms with Crippen LogP contribution in [0.1, 0.15) is 46.5 Å². The van der Waals surface area contributed by atoms with Crippen molar-refractivity contribution in [2.24, 2.45) is 0 Å². The van der Waals surface area contributed by atoms with E-state index in [4.69, 9.17) is 9.72 Å². The third-order valence-electron chi connectivity index (χ3n) is 4.42. The number of anilines is 3. The van der Waals surface area contributed by atoms with Crippen molar-refractivity contribution in [3.8, 4) is 5.75 Å². The molecule has 1 aliphatic rings. The highest BCUT2D eigenvalue weighted by molar-refractivity contribution is 5.64. The second-order valence-corrected chi connectivity index (χ2v) is 6.68. The molecule has 6 nitrogen and oxygen atoms in total. The van der Waals surface area contributed by atoms with E-state index in [2.05, 4.69) is 27.3 Å². The summed E-state index contributed by atoms with van der Waals surface area (Å²) in [7, 11) is 0. The number of hydrogen-bond acceptors (Lipinski definition) is 6. The number of benzene rings is 1. The zero-order valence-electron chi connectivity index (χ0n) is 15.3. The summed E-state index contributed by atoms with van der Waals surface area (Å²) < 4.78 is 5.86. The van der Waals surface area contributed by atoms with E-state index < -0.39 is 0 Å². The Morgan fingerprint density at radius 3 is 2.92 bits per heavy atom. The number of ether oxygens (including phenoxy) is 1. The maximum atomic E-state index is 5.86. The number of aromatic nitrogens is 3. The molecule has 3 rings (SSSR count). The van der Waals surface area contributed by atoms with Crippen molar-refractivity contribution < 1.29 is 4.74 Å². The van der Waals surface area contributed by atoms with Gasteiger partial charge in [-0.1, -0.05) is 19.1 Å². The molecule has 1 atom stereocenters. The summed E-state index contributed by atoms with van der Waals surface area (Å²) in [6, 6.07) is 8.38. The standard InChI is InChI=1S/C19H27N5O/c1-4-15-9-7-8-12-24(15)19-22-18(13-20-23-19)21-16-10-5-6-11-17(16)25-14(2)3/h5-6,10-11,13-15H,4,7-9,12H2,1-3H3,(H,21,22,23). The molecule has 0 aliphatic carbocycles. The lowest BCUT2D eigenvalue weighted by Crippen LogP contribution is -2.40. The quantitative estimate of drug-likeness (QED) is 0.851. The van der Waals surface area contributed by atoms with Gasteiger partial charge >= 0.3 is 0 Å². The molecule has 0 amide bonds. The number of nitrogens with one attached hydrogen (secondary N) is 1. The Kier molecular flexibility index (Phi) is 5.68. The van der Waals surface area contributed by atoms with Gasteiger partial charge in [-0.15, -0.1) is 5.10 Å². The zero-order valence-corrected chi connectivity index (χ0v) is 15.3. The van der Waals surface area contributed by atoms with Crippen molar-refractivity contribution in [2.75, 3.05) is 16.8 Å². The summed E-state index contributed by atoms with van der Waals surface area (Å²) in [6.45, 7) is 7.25. The van der Waals surface area contributed by atoms with Crippen molar-refractivity contribution in [1.29, 1.82) is 0 Å². The molecule has 0 bridgehead atoms. The normalized spacial score (nSPS) is 17.6. The van der Waals surface area contributed by atoms with Gasteiger partial charge in [0.25, 0.3) is 0 Å². The van der Waals surface area contributed by atoms with Gasteiger partial charge < -0.3 is 15.0 Å². The van der Waals surface area contributed by atoms with E-state index in [1.165, 1.54) is 19.3 Å². The molecule has 1 fully saturated rings. The molecule has 0 saturated carbocycles. The minimum absolute atomic E-state index is 0.112. The molecule has 2 aromatic rings. The summed E-state index contributed by atoms with van der Waals surface area (Å²) in [5.41, 5.74) is 0.883.